The zero-order valence-electron chi connectivity index (χ0n) is 44.9. The fraction of sp³-hybridized carbons (Fsp3) is 0.174. The van der Waals surface area contributed by atoms with Crippen molar-refractivity contribution in [3.05, 3.63) is 305 Å². The SMILES string of the molecule is O=C(OCc1ccccc1)C(c1ccc(OCc2ccccc2)cc1)N1CN(C(C(=O)OCc2ccccc2)c2ccc(OCc3ccccc3)cc2)CN(C(C(=O)OCc2ccccc2)c2ccc(OCc3ccccc3)cc2)C1. The van der Waals surface area contributed by atoms with E-state index >= 15 is 14.4 Å². The van der Waals surface area contributed by atoms with Crippen LogP contribution in [0.3, 0.4) is 0 Å². The molecule has 81 heavy (non-hydrogen) atoms. The van der Waals surface area contributed by atoms with Crippen molar-refractivity contribution in [1.82, 2.24) is 14.7 Å². The second-order valence-corrected chi connectivity index (χ2v) is 19.7. The summed E-state index contributed by atoms with van der Waals surface area (Å²) in [6.45, 7) is 1.21. The van der Waals surface area contributed by atoms with Crippen molar-refractivity contribution >= 4 is 17.9 Å². The Balaban J connectivity index is 1.04. The number of rotatable bonds is 24. The van der Waals surface area contributed by atoms with E-state index in [-0.39, 0.29) is 39.8 Å². The first-order chi connectivity index (χ1) is 39.9. The molecule has 1 heterocycles. The Bertz CT molecular complexity index is 2990. The number of benzene rings is 9. The molecule has 0 amide bonds. The van der Waals surface area contributed by atoms with Crippen LogP contribution in [0.4, 0.5) is 0 Å². The van der Waals surface area contributed by atoms with Crippen LogP contribution in [0.25, 0.3) is 0 Å². The number of hydrogen-bond donors (Lipinski definition) is 0. The van der Waals surface area contributed by atoms with E-state index in [0.717, 1.165) is 33.4 Å². The average molecular weight is 1080 g/mol. The summed E-state index contributed by atoms with van der Waals surface area (Å²) in [7, 11) is 0. The summed E-state index contributed by atoms with van der Waals surface area (Å²) >= 11 is 0. The first-order valence-electron chi connectivity index (χ1n) is 27.0. The lowest BCUT2D eigenvalue weighted by Crippen LogP contribution is -2.60. The maximum Gasteiger partial charge on any atom is 0.328 e. The molecule has 1 fully saturated rings. The van der Waals surface area contributed by atoms with Gasteiger partial charge in [0.2, 0.25) is 0 Å². The average Bonchev–Trinajstić information content (AvgIpc) is 3.61. The standard InChI is InChI=1S/C69H63N3O9/c73-67(79-46-55-25-13-4-14-26-55)64(58-31-37-61(38-32-58)76-43-52-19-7-1-8-20-52)70-49-71(65(68(74)80-47-56-27-15-5-16-28-56)59-33-39-62(40-34-59)77-44-53-21-9-2-10-22-53)51-72(50-70)66(69(75)81-48-57-29-17-6-18-30-57)60-35-41-63(42-36-60)78-45-54-23-11-3-12-24-54/h1-42,64-66H,43-51H2. The summed E-state index contributed by atoms with van der Waals surface area (Å²) in [6.07, 6.45) is 0. The van der Waals surface area contributed by atoms with E-state index in [2.05, 4.69) is 0 Å². The smallest absolute Gasteiger partial charge is 0.328 e. The van der Waals surface area contributed by atoms with Crippen LogP contribution >= 0.6 is 0 Å². The number of carbonyl (C=O) groups excluding carboxylic acids is 3. The number of ether oxygens (including phenoxy) is 6. The fourth-order valence-electron chi connectivity index (χ4n) is 9.70. The van der Waals surface area contributed by atoms with Crippen LogP contribution in [0.15, 0.2) is 255 Å². The molecule has 0 N–H and O–H groups in total. The van der Waals surface area contributed by atoms with Crippen molar-refractivity contribution in [3.63, 3.8) is 0 Å². The lowest BCUT2D eigenvalue weighted by atomic mass is 10.0. The maximum atomic E-state index is 15.2. The Morgan fingerprint density at radius 2 is 0.469 bits per heavy atom. The fourth-order valence-corrected chi connectivity index (χ4v) is 9.70. The molecule has 10 rings (SSSR count). The van der Waals surface area contributed by atoms with Gasteiger partial charge in [-0.25, -0.2) is 14.4 Å². The largest absolute Gasteiger partial charge is 0.489 e. The monoisotopic (exact) mass is 1080 g/mol. The molecule has 9 aromatic carbocycles. The number of carbonyl (C=O) groups is 3. The normalized spacial score (nSPS) is 13.9. The highest BCUT2D eigenvalue weighted by molar-refractivity contribution is 5.80. The van der Waals surface area contributed by atoms with Crippen molar-refractivity contribution in [2.24, 2.45) is 0 Å². The summed E-state index contributed by atoms with van der Waals surface area (Å²) in [5.74, 6) is 0.210. The Labute approximate surface area is 473 Å². The van der Waals surface area contributed by atoms with Crippen LogP contribution < -0.4 is 14.2 Å². The number of hydrogen-bond acceptors (Lipinski definition) is 12. The minimum Gasteiger partial charge on any atom is -0.489 e. The van der Waals surface area contributed by atoms with Crippen molar-refractivity contribution in [2.45, 2.75) is 57.8 Å². The van der Waals surface area contributed by atoms with Crippen LogP contribution in [0, 0.1) is 0 Å². The maximum absolute atomic E-state index is 15.2. The van der Waals surface area contributed by atoms with Gasteiger partial charge in [-0.2, -0.15) is 0 Å². The molecule has 12 nitrogen and oxygen atoms in total. The van der Waals surface area contributed by atoms with E-state index in [1.165, 1.54) is 0 Å². The van der Waals surface area contributed by atoms with Gasteiger partial charge in [0.15, 0.2) is 0 Å². The quantitative estimate of drug-likeness (QED) is 0.0424. The van der Waals surface area contributed by atoms with Gasteiger partial charge in [-0.3, -0.25) is 14.7 Å². The Kier molecular flexibility index (Phi) is 19.0. The van der Waals surface area contributed by atoms with E-state index in [1.54, 1.807) is 0 Å². The van der Waals surface area contributed by atoms with E-state index in [4.69, 9.17) is 28.4 Å². The second-order valence-electron chi connectivity index (χ2n) is 19.7. The predicted octanol–water partition coefficient (Wildman–Crippen LogP) is 13.0. The summed E-state index contributed by atoms with van der Waals surface area (Å²) in [5, 5.41) is 0. The third-order valence-corrected chi connectivity index (χ3v) is 13.9. The first kappa shape index (κ1) is 55.0. The molecular formula is C69H63N3O9. The molecule has 3 atom stereocenters. The molecule has 1 saturated heterocycles. The third-order valence-electron chi connectivity index (χ3n) is 13.9. The second kappa shape index (κ2) is 28.0. The van der Waals surface area contributed by atoms with E-state index < -0.39 is 36.0 Å². The summed E-state index contributed by atoms with van der Waals surface area (Å²) < 4.78 is 37.4. The zero-order chi connectivity index (χ0) is 55.4. The molecule has 12 heteroatoms. The number of nitrogens with zero attached hydrogens (tertiary/aromatic N) is 3. The predicted molar refractivity (Wildman–Crippen MR) is 309 cm³/mol. The van der Waals surface area contributed by atoms with Crippen molar-refractivity contribution in [3.8, 4) is 17.2 Å². The van der Waals surface area contributed by atoms with Gasteiger partial charge in [0, 0.05) is 0 Å². The molecule has 0 aliphatic carbocycles. The van der Waals surface area contributed by atoms with Crippen molar-refractivity contribution in [2.75, 3.05) is 20.0 Å². The lowest BCUT2D eigenvalue weighted by Gasteiger charge is -2.48. The highest BCUT2D eigenvalue weighted by atomic mass is 16.5. The van der Waals surface area contributed by atoms with Gasteiger partial charge in [0.25, 0.3) is 0 Å². The molecule has 0 aromatic heterocycles. The number of esters is 3. The zero-order valence-corrected chi connectivity index (χ0v) is 44.9. The first-order valence-corrected chi connectivity index (χ1v) is 27.0. The van der Waals surface area contributed by atoms with Crippen LogP contribution in [0.5, 0.6) is 17.2 Å². The van der Waals surface area contributed by atoms with Gasteiger partial charge in [-0.15, -0.1) is 0 Å². The highest BCUT2D eigenvalue weighted by Gasteiger charge is 2.44. The van der Waals surface area contributed by atoms with Gasteiger partial charge in [-0.1, -0.05) is 218 Å². The summed E-state index contributed by atoms with van der Waals surface area (Å²) in [4.78, 5) is 51.2. The molecule has 9 aromatic rings. The molecule has 1 aliphatic heterocycles. The molecule has 0 spiro atoms. The minimum absolute atomic E-state index is 0.00989. The Hall–Kier alpha value is -9.33. The van der Waals surface area contributed by atoms with Gasteiger partial charge in [0.1, 0.15) is 75.0 Å². The van der Waals surface area contributed by atoms with Crippen molar-refractivity contribution in [1.29, 1.82) is 0 Å². The van der Waals surface area contributed by atoms with E-state index in [1.807, 2.05) is 269 Å². The molecule has 0 saturated carbocycles. The van der Waals surface area contributed by atoms with E-state index in [9.17, 15) is 0 Å². The minimum atomic E-state index is -1.06. The molecular weight excluding hydrogens is 1010 g/mol. The molecule has 1 aliphatic rings. The van der Waals surface area contributed by atoms with E-state index in [0.29, 0.717) is 53.8 Å². The highest BCUT2D eigenvalue weighted by Crippen LogP contribution is 2.37. The van der Waals surface area contributed by atoms with Gasteiger partial charge >= 0.3 is 17.9 Å². The van der Waals surface area contributed by atoms with Crippen molar-refractivity contribution < 1.29 is 42.8 Å². The molecule has 0 radical (unpaired) electrons. The summed E-state index contributed by atoms with van der Waals surface area (Å²) in [5.41, 5.74) is 7.28. The topological polar surface area (TPSA) is 116 Å². The summed E-state index contributed by atoms with van der Waals surface area (Å²) in [6, 6.07) is 77.2. The van der Waals surface area contributed by atoms with Crippen LogP contribution in [0.2, 0.25) is 0 Å². The van der Waals surface area contributed by atoms with Crippen LogP contribution in [-0.2, 0) is 68.2 Å². The lowest BCUT2D eigenvalue weighted by molar-refractivity contribution is -0.172. The van der Waals surface area contributed by atoms with Gasteiger partial charge in [0.05, 0.1) is 20.0 Å². The molecule has 0 bridgehead atoms. The Morgan fingerprint density at radius 1 is 0.272 bits per heavy atom. The van der Waals surface area contributed by atoms with Gasteiger partial charge < -0.3 is 28.4 Å². The van der Waals surface area contributed by atoms with Gasteiger partial charge in [-0.05, 0) is 86.5 Å². The van der Waals surface area contributed by atoms with Crippen LogP contribution in [-0.4, -0.2) is 52.6 Å². The molecule has 408 valence electrons. The van der Waals surface area contributed by atoms with Crippen LogP contribution in [0.1, 0.15) is 68.2 Å². The Morgan fingerprint density at radius 3 is 0.679 bits per heavy atom. The third kappa shape index (κ3) is 15.5. The molecule has 3 unspecified atom stereocenters.